The second-order valence-corrected chi connectivity index (χ2v) is 10.5. The molecule has 1 aliphatic rings. The average Bonchev–Trinajstić information content (AvgIpc) is 3.57. The molecule has 2 N–H and O–H groups in total. The summed E-state index contributed by atoms with van der Waals surface area (Å²) in [6.45, 7) is 6.98. The van der Waals surface area contributed by atoms with Gasteiger partial charge in [-0.1, -0.05) is 42.0 Å². The molecule has 1 heterocycles. The van der Waals surface area contributed by atoms with Gasteiger partial charge in [-0.05, 0) is 62.9 Å². The number of carbonyl (C=O) groups excluding carboxylic acids is 1. The molecule has 1 fully saturated rings. The van der Waals surface area contributed by atoms with E-state index in [1.54, 1.807) is 30.3 Å². The smallest absolute Gasteiger partial charge is 0.244 e. The van der Waals surface area contributed by atoms with Crippen LogP contribution in [0.3, 0.4) is 0 Å². The minimum absolute atomic E-state index is 0.0673. The van der Waals surface area contributed by atoms with Crippen molar-refractivity contribution in [3.05, 3.63) is 88.2 Å². The lowest BCUT2D eigenvalue weighted by Gasteiger charge is -2.07. The Balaban J connectivity index is 1.34. The van der Waals surface area contributed by atoms with Crippen LogP contribution in [0, 0.1) is 20.8 Å². The van der Waals surface area contributed by atoms with Gasteiger partial charge in [0.15, 0.2) is 0 Å². The van der Waals surface area contributed by atoms with Crippen molar-refractivity contribution in [3.63, 3.8) is 0 Å². The van der Waals surface area contributed by atoms with Crippen molar-refractivity contribution in [2.24, 2.45) is 0 Å². The number of nitrogens with zero attached hydrogens (tertiary/aromatic N) is 2. The SMILES string of the molecule is Cc1ccc(Cn2nc(C)c(/C=C/C(=O)NCc3ccc(S(=O)(=O)NC4CC4)cc3)c2C)cc1. The molecule has 4 rings (SSSR count). The Labute approximate surface area is 200 Å². The van der Waals surface area contributed by atoms with Crippen molar-refractivity contribution in [2.45, 2.75) is 57.6 Å². The molecule has 7 nitrogen and oxygen atoms in total. The minimum Gasteiger partial charge on any atom is -0.348 e. The van der Waals surface area contributed by atoms with Gasteiger partial charge in [-0.3, -0.25) is 9.48 Å². The monoisotopic (exact) mass is 478 g/mol. The topological polar surface area (TPSA) is 93.1 Å². The van der Waals surface area contributed by atoms with E-state index in [2.05, 4.69) is 46.3 Å². The van der Waals surface area contributed by atoms with E-state index in [1.165, 1.54) is 17.2 Å². The quantitative estimate of drug-likeness (QED) is 0.460. The predicted molar refractivity (Wildman–Crippen MR) is 133 cm³/mol. The molecular weight excluding hydrogens is 448 g/mol. The number of hydrogen-bond acceptors (Lipinski definition) is 4. The molecule has 0 atom stereocenters. The van der Waals surface area contributed by atoms with Gasteiger partial charge in [-0.2, -0.15) is 5.10 Å². The number of sulfonamides is 1. The van der Waals surface area contributed by atoms with E-state index >= 15 is 0 Å². The van der Waals surface area contributed by atoms with Crippen LogP contribution in [0.1, 0.15) is 46.5 Å². The highest BCUT2D eigenvalue weighted by atomic mass is 32.2. The first kappa shape index (κ1) is 23.9. The van der Waals surface area contributed by atoms with Crippen LogP contribution in [0.5, 0.6) is 0 Å². The highest BCUT2D eigenvalue weighted by molar-refractivity contribution is 7.89. The zero-order valence-corrected chi connectivity index (χ0v) is 20.5. The van der Waals surface area contributed by atoms with E-state index in [0.717, 1.165) is 35.4 Å². The Morgan fingerprint density at radius 3 is 2.32 bits per heavy atom. The van der Waals surface area contributed by atoms with E-state index in [0.29, 0.717) is 13.1 Å². The molecule has 3 aromatic rings. The standard InChI is InChI=1S/C26H30N4O3S/c1-18-4-6-22(7-5-18)17-30-20(3)25(19(2)28-30)14-15-26(31)27-16-21-8-12-24(13-9-21)34(32,33)29-23-10-11-23/h4-9,12-15,23,29H,10-11,16-17H2,1-3H3,(H,27,31)/b15-14+. The number of amides is 1. The Kier molecular flexibility index (Phi) is 7.00. The van der Waals surface area contributed by atoms with Gasteiger partial charge in [0.1, 0.15) is 0 Å². The normalized spacial score (nSPS) is 14.0. The van der Waals surface area contributed by atoms with E-state index in [9.17, 15) is 13.2 Å². The largest absolute Gasteiger partial charge is 0.348 e. The second kappa shape index (κ2) is 9.95. The van der Waals surface area contributed by atoms with Crippen LogP contribution >= 0.6 is 0 Å². The summed E-state index contributed by atoms with van der Waals surface area (Å²) in [6, 6.07) is 15.0. The fraction of sp³-hybridized carbons (Fsp3) is 0.308. The molecule has 0 saturated heterocycles. The fourth-order valence-corrected chi connectivity index (χ4v) is 4.96. The number of aromatic nitrogens is 2. The molecule has 0 spiro atoms. The molecule has 1 aliphatic carbocycles. The Hall–Kier alpha value is -3.23. The summed E-state index contributed by atoms with van der Waals surface area (Å²) < 4.78 is 29.1. The van der Waals surface area contributed by atoms with Crippen LogP contribution in [0.25, 0.3) is 6.08 Å². The summed E-state index contributed by atoms with van der Waals surface area (Å²) >= 11 is 0. The minimum atomic E-state index is -3.47. The molecule has 178 valence electrons. The zero-order valence-electron chi connectivity index (χ0n) is 19.7. The summed E-state index contributed by atoms with van der Waals surface area (Å²) in [5, 5.41) is 7.47. The second-order valence-electron chi connectivity index (χ2n) is 8.82. The summed E-state index contributed by atoms with van der Waals surface area (Å²) in [5.41, 5.74) is 6.01. The molecule has 0 radical (unpaired) electrons. The molecule has 2 aromatic carbocycles. The van der Waals surface area contributed by atoms with Gasteiger partial charge < -0.3 is 5.32 Å². The van der Waals surface area contributed by atoms with Crippen LogP contribution in [0.2, 0.25) is 0 Å². The lowest BCUT2D eigenvalue weighted by Crippen LogP contribution is -2.25. The number of rotatable bonds is 9. The third kappa shape index (κ3) is 6.01. The van der Waals surface area contributed by atoms with Gasteiger partial charge in [0.05, 0.1) is 17.1 Å². The number of carbonyl (C=O) groups is 1. The maximum Gasteiger partial charge on any atom is 0.244 e. The van der Waals surface area contributed by atoms with Gasteiger partial charge in [0, 0.05) is 29.9 Å². The Morgan fingerprint density at radius 1 is 1.03 bits per heavy atom. The lowest BCUT2D eigenvalue weighted by atomic mass is 10.1. The van der Waals surface area contributed by atoms with E-state index in [1.807, 2.05) is 18.5 Å². The summed E-state index contributed by atoms with van der Waals surface area (Å²) in [4.78, 5) is 12.6. The van der Waals surface area contributed by atoms with Gasteiger partial charge in [-0.15, -0.1) is 0 Å². The Morgan fingerprint density at radius 2 is 1.68 bits per heavy atom. The maximum atomic E-state index is 12.4. The first-order valence-corrected chi connectivity index (χ1v) is 12.9. The van der Waals surface area contributed by atoms with Gasteiger partial charge in [0.25, 0.3) is 0 Å². The molecule has 0 aliphatic heterocycles. The molecule has 8 heteroatoms. The van der Waals surface area contributed by atoms with Gasteiger partial charge >= 0.3 is 0 Å². The van der Waals surface area contributed by atoms with E-state index in [4.69, 9.17) is 0 Å². The molecule has 0 bridgehead atoms. The molecule has 1 saturated carbocycles. The average molecular weight is 479 g/mol. The molecule has 1 amide bonds. The summed E-state index contributed by atoms with van der Waals surface area (Å²) in [6.07, 6.45) is 5.08. The third-order valence-corrected chi connectivity index (χ3v) is 7.43. The van der Waals surface area contributed by atoms with Crippen LogP contribution in [0.15, 0.2) is 59.5 Å². The molecule has 34 heavy (non-hydrogen) atoms. The van der Waals surface area contributed by atoms with E-state index < -0.39 is 10.0 Å². The lowest BCUT2D eigenvalue weighted by molar-refractivity contribution is -0.116. The van der Waals surface area contributed by atoms with Crippen molar-refractivity contribution in [2.75, 3.05) is 0 Å². The van der Waals surface area contributed by atoms with Crippen molar-refractivity contribution in [1.29, 1.82) is 0 Å². The highest BCUT2D eigenvalue weighted by Gasteiger charge is 2.27. The van der Waals surface area contributed by atoms with Crippen LogP contribution < -0.4 is 10.0 Å². The molecule has 0 unspecified atom stereocenters. The van der Waals surface area contributed by atoms with Crippen LogP contribution in [0.4, 0.5) is 0 Å². The maximum absolute atomic E-state index is 12.4. The highest BCUT2D eigenvalue weighted by Crippen LogP contribution is 2.22. The van der Waals surface area contributed by atoms with Gasteiger partial charge in [0.2, 0.25) is 15.9 Å². The first-order valence-electron chi connectivity index (χ1n) is 11.4. The molecule has 1 aromatic heterocycles. The van der Waals surface area contributed by atoms with Crippen molar-refractivity contribution in [3.8, 4) is 0 Å². The number of aryl methyl sites for hydroxylation is 2. The predicted octanol–water partition coefficient (Wildman–Crippen LogP) is 3.63. The van der Waals surface area contributed by atoms with Gasteiger partial charge in [-0.25, -0.2) is 13.1 Å². The van der Waals surface area contributed by atoms with Crippen molar-refractivity contribution in [1.82, 2.24) is 19.8 Å². The number of nitrogens with one attached hydrogen (secondary N) is 2. The van der Waals surface area contributed by atoms with E-state index in [-0.39, 0.29) is 16.8 Å². The van der Waals surface area contributed by atoms with Crippen molar-refractivity contribution >= 4 is 22.0 Å². The first-order chi connectivity index (χ1) is 16.2. The summed E-state index contributed by atoms with van der Waals surface area (Å²) in [7, 11) is -3.47. The number of benzene rings is 2. The van der Waals surface area contributed by atoms with Crippen LogP contribution in [-0.2, 0) is 27.9 Å². The summed E-state index contributed by atoms with van der Waals surface area (Å²) in [5.74, 6) is -0.225. The fourth-order valence-electron chi connectivity index (χ4n) is 3.65. The zero-order chi connectivity index (χ0) is 24.3. The Bertz CT molecular complexity index is 1300. The molecular formula is C26H30N4O3S. The van der Waals surface area contributed by atoms with Crippen LogP contribution in [-0.4, -0.2) is 30.1 Å². The van der Waals surface area contributed by atoms with Crippen molar-refractivity contribution < 1.29 is 13.2 Å². The number of hydrogen-bond donors (Lipinski definition) is 2. The third-order valence-electron chi connectivity index (χ3n) is 5.89.